The fourth-order valence-corrected chi connectivity index (χ4v) is 4.10. The van der Waals surface area contributed by atoms with E-state index in [9.17, 15) is 5.11 Å². The molecular weight excluding hydrogens is 280 g/mol. The van der Waals surface area contributed by atoms with E-state index < -0.39 is 0 Å². The van der Waals surface area contributed by atoms with Crippen molar-refractivity contribution in [2.24, 2.45) is 5.92 Å². The second-order valence-corrected chi connectivity index (χ2v) is 7.57. The highest BCUT2D eigenvalue weighted by molar-refractivity contribution is 5.28. The lowest BCUT2D eigenvalue weighted by Crippen LogP contribution is -2.13. The van der Waals surface area contributed by atoms with Crippen LogP contribution in [0.25, 0.3) is 0 Å². The summed E-state index contributed by atoms with van der Waals surface area (Å²) in [7, 11) is 0. The summed E-state index contributed by atoms with van der Waals surface area (Å²) < 4.78 is 0. The van der Waals surface area contributed by atoms with Crippen LogP contribution in [0.1, 0.15) is 102 Å². The molecule has 130 valence electrons. The number of phenolic OH excluding ortho intramolecular Hbond substituents is 1. The molecule has 1 aromatic carbocycles. The van der Waals surface area contributed by atoms with Crippen molar-refractivity contribution in [1.82, 2.24) is 0 Å². The summed E-state index contributed by atoms with van der Waals surface area (Å²) in [5.41, 5.74) is 1.42. The Kier molecular flexibility index (Phi) is 8.57. The zero-order chi connectivity index (χ0) is 16.3. The minimum atomic E-state index is 0.386. The van der Waals surface area contributed by atoms with Crippen molar-refractivity contribution < 1.29 is 5.11 Å². The summed E-state index contributed by atoms with van der Waals surface area (Å²) >= 11 is 0. The molecule has 1 saturated carbocycles. The van der Waals surface area contributed by atoms with Gasteiger partial charge in [0, 0.05) is 0 Å². The molecule has 0 aliphatic heterocycles. The summed E-state index contributed by atoms with van der Waals surface area (Å²) in [6.45, 7) is 2.29. The van der Waals surface area contributed by atoms with Gasteiger partial charge in [-0.1, -0.05) is 76.8 Å². The van der Waals surface area contributed by atoms with E-state index in [1.165, 1.54) is 89.0 Å². The van der Waals surface area contributed by atoms with E-state index in [4.69, 9.17) is 0 Å². The number of hydrogen-bond donors (Lipinski definition) is 1. The third-order valence-electron chi connectivity index (χ3n) is 5.68. The van der Waals surface area contributed by atoms with Gasteiger partial charge in [-0.05, 0) is 55.2 Å². The Bertz CT molecular complexity index is 400. The topological polar surface area (TPSA) is 20.2 Å². The molecule has 0 spiro atoms. The van der Waals surface area contributed by atoms with Crippen LogP contribution in [0.3, 0.4) is 0 Å². The van der Waals surface area contributed by atoms with Crippen LogP contribution in [-0.2, 0) is 0 Å². The maximum Gasteiger partial charge on any atom is 0.115 e. The van der Waals surface area contributed by atoms with E-state index >= 15 is 0 Å². The Morgan fingerprint density at radius 1 is 0.783 bits per heavy atom. The predicted molar refractivity (Wildman–Crippen MR) is 100 cm³/mol. The Labute approximate surface area is 143 Å². The van der Waals surface area contributed by atoms with Gasteiger partial charge in [0.1, 0.15) is 5.75 Å². The number of hydrogen-bond acceptors (Lipinski definition) is 1. The number of rotatable bonds is 10. The van der Waals surface area contributed by atoms with Crippen molar-refractivity contribution in [2.75, 3.05) is 0 Å². The van der Waals surface area contributed by atoms with Crippen molar-refractivity contribution in [3.63, 3.8) is 0 Å². The summed E-state index contributed by atoms with van der Waals surface area (Å²) in [4.78, 5) is 0. The van der Waals surface area contributed by atoms with Crippen LogP contribution in [0.4, 0.5) is 0 Å². The molecule has 1 aliphatic rings. The van der Waals surface area contributed by atoms with Gasteiger partial charge in [-0.25, -0.2) is 0 Å². The van der Waals surface area contributed by atoms with E-state index in [-0.39, 0.29) is 0 Å². The van der Waals surface area contributed by atoms with Gasteiger partial charge in [0.25, 0.3) is 0 Å². The highest BCUT2D eigenvalue weighted by Crippen LogP contribution is 2.38. The smallest absolute Gasteiger partial charge is 0.115 e. The Morgan fingerprint density at radius 3 is 1.96 bits per heavy atom. The zero-order valence-corrected chi connectivity index (χ0v) is 15.1. The summed E-state index contributed by atoms with van der Waals surface area (Å²) in [6, 6.07) is 7.89. The van der Waals surface area contributed by atoms with Gasteiger partial charge in [-0.15, -0.1) is 0 Å². The summed E-state index contributed by atoms with van der Waals surface area (Å²) in [6.07, 6.45) is 18.4. The molecule has 1 aliphatic carbocycles. The summed E-state index contributed by atoms with van der Waals surface area (Å²) in [5, 5.41) is 9.40. The first-order chi connectivity index (χ1) is 11.3. The third-order valence-corrected chi connectivity index (χ3v) is 5.68. The molecule has 2 rings (SSSR count). The maximum atomic E-state index is 9.40. The largest absolute Gasteiger partial charge is 0.508 e. The first-order valence-corrected chi connectivity index (χ1v) is 10.1. The molecule has 0 bridgehead atoms. The van der Waals surface area contributed by atoms with Crippen molar-refractivity contribution in [1.29, 1.82) is 0 Å². The molecule has 1 aromatic rings. The maximum absolute atomic E-state index is 9.40. The van der Waals surface area contributed by atoms with E-state index in [1.807, 2.05) is 12.1 Å². The van der Waals surface area contributed by atoms with E-state index in [0.717, 1.165) is 11.8 Å². The number of benzene rings is 1. The van der Waals surface area contributed by atoms with Crippen LogP contribution in [0.15, 0.2) is 24.3 Å². The lowest BCUT2D eigenvalue weighted by Gasteiger charge is -2.29. The number of phenols is 1. The monoisotopic (exact) mass is 316 g/mol. The van der Waals surface area contributed by atoms with Gasteiger partial charge in [-0.2, -0.15) is 0 Å². The van der Waals surface area contributed by atoms with Crippen molar-refractivity contribution >= 4 is 0 Å². The first-order valence-electron chi connectivity index (χ1n) is 10.1. The first kappa shape index (κ1) is 18.4. The lowest BCUT2D eigenvalue weighted by atomic mass is 9.77. The minimum absolute atomic E-state index is 0.386. The molecule has 0 aromatic heterocycles. The van der Waals surface area contributed by atoms with E-state index in [2.05, 4.69) is 19.1 Å². The van der Waals surface area contributed by atoms with Crippen LogP contribution in [-0.4, -0.2) is 5.11 Å². The number of unbranched alkanes of at least 4 members (excludes halogenated alkanes) is 7. The minimum Gasteiger partial charge on any atom is -0.508 e. The zero-order valence-electron chi connectivity index (χ0n) is 15.1. The Morgan fingerprint density at radius 2 is 1.35 bits per heavy atom. The lowest BCUT2D eigenvalue weighted by molar-refractivity contribution is 0.301. The average molecular weight is 317 g/mol. The Balaban J connectivity index is 1.52. The number of aromatic hydroxyl groups is 1. The predicted octanol–water partition coefficient (Wildman–Crippen LogP) is 7.20. The van der Waals surface area contributed by atoms with Crippen LogP contribution < -0.4 is 0 Å². The van der Waals surface area contributed by atoms with Crippen LogP contribution in [0.2, 0.25) is 0 Å². The Hall–Kier alpha value is -0.980. The normalized spacial score (nSPS) is 21.4. The standard InChI is InChI=1S/C22H36O/c1-2-3-4-5-6-7-8-9-10-19-11-13-20(14-12-19)21-15-17-22(23)18-16-21/h15-20,23H,2-14H2,1H3. The second-order valence-electron chi connectivity index (χ2n) is 7.57. The van der Waals surface area contributed by atoms with Crippen molar-refractivity contribution in [3.05, 3.63) is 29.8 Å². The SMILES string of the molecule is CCCCCCCCCCC1CCC(c2ccc(O)cc2)CC1. The van der Waals surface area contributed by atoms with Crippen LogP contribution >= 0.6 is 0 Å². The third kappa shape index (κ3) is 6.97. The average Bonchev–Trinajstić information content (AvgIpc) is 2.59. The van der Waals surface area contributed by atoms with E-state index in [0.29, 0.717) is 5.75 Å². The van der Waals surface area contributed by atoms with Gasteiger partial charge < -0.3 is 5.11 Å². The molecule has 0 amide bonds. The van der Waals surface area contributed by atoms with Gasteiger partial charge in [0.05, 0.1) is 0 Å². The molecule has 0 radical (unpaired) electrons. The summed E-state index contributed by atoms with van der Waals surface area (Å²) in [5.74, 6) is 2.09. The highest BCUT2D eigenvalue weighted by Gasteiger charge is 2.21. The van der Waals surface area contributed by atoms with Crippen molar-refractivity contribution in [2.45, 2.75) is 96.3 Å². The molecule has 1 N–H and O–H groups in total. The molecule has 0 saturated heterocycles. The fraction of sp³-hybridized carbons (Fsp3) is 0.727. The van der Waals surface area contributed by atoms with Gasteiger partial charge >= 0.3 is 0 Å². The molecule has 23 heavy (non-hydrogen) atoms. The second kappa shape index (κ2) is 10.7. The molecular formula is C22H36O. The molecule has 1 fully saturated rings. The molecule has 1 heteroatoms. The van der Waals surface area contributed by atoms with Gasteiger partial charge in [0.2, 0.25) is 0 Å². The highest BCUT2D eigenvalue weighted by atomic mass is 16.3. The van der Waals surface area contributed by atoms with Crippen LogP contribution in [0, 0.1) is 5.92 Å². The van der Waals surface area contributed by atoms with Gasteiger partial charge in [-0.3, -0.25) is 0 Å². The van der Waals surface area contributed by atoms with Gasteiger partial charge in [0.15, 0.2) is 0 Å². The van der Waals surface area contributed by atoms with E-state index in [1.54, 1.807) is 0 Å². The molecule has 0 atom stereocenters. The molecule has 0 unspecified atom stereocenters. The molecule has 0 heterocycles. The van der Waals surface area contributed by atoms with Crippen LogP contribution in [0.5, 0.6) is 5.75 Å². The molecule has 1 nitrogen and oxygen atoms in total. The quantitative estimate of drug-likeness (QED) is 0.453. The van der Waals surface area contributed by atoms with Crippen molar-refractivity contribution in [3.8, 4) is 5.75 Å². The fourth-order valence-electron chi connectivity index (χ4n) is 4.10.